The Labute approximate surface area is 171 Å². The molecule has 1 amide bonds. The number of para-hydroxylation sites is 1. The van der Waals surface area contributed by atoms with Crippen molar-refractivity contribution < 1.29 is 13.6 Å². The van der Waals surface area contributed by atoms with Crippen LogP contribution in [0.4, 0.5) is 20.2 Å². The first kappa shape index (κ1) is 20.8. The standard InChI is InChI=1S/C20H21F2N5OS/c1-2-27-13-24-26-18(27)11-12-23-19(28)16-5-3-4-6-17(16)25-14-7-9-15(10-8-14)29-20(21)22/h3-10,13,20,25H,2,11-12H2,1H3,(H,23,28). The van der Waals surface area contributed by atoms with Gasteiger partial charge in [-0.15, -0.1) is 10.2 Å². The summed E-state index contributed by atoms with van der Waals surface area (Å²) in [5.41, 5.74) is 1.84. The van der Waals surface area contributed by atoms with Crippen LogP contribution >= 0.6 is 11.8 Å². The molecule has 0 unspecified atom stereocenters. The molecule has 0 bridgehead atoms. The van der Waals surface area contributed by atoms with Gasteiger partial charge >= 0.3 is 0 Å². The quantitative estimate of drug-likeness (QED) is 0.507. The van der Waals surface area contributed by atoms with Crippen LogP contribution in [-0.4, -0.2) is 33.0 Å². The van der Waals surface area contributed by atoms with Crippen LogP contribution in [0.15, 0.2) is 59.8 Å². The Hall–Kier alpha value is -2.94. The average molecular weight is 417 g/mol. The highest BCUT2D eigenvalue weighted by Crippen LogP contribution is 2.27. The number of aromatic nitrogens is 3. The molecule has 3 aromatic rings. The number of carbonyl (C=O) groups is 1. The first-order valence-corrected chi connectivity index (χ1v) is 10.0. The van der Waals surface area contributed by atoms with Gasteiger partial charge in [0.05, 0.1) is 11.3 Å². The zero-order chi connectivity index (χ0) is 20.6. The summed E-state index contributed by atoms with van der Waals surface area (Å²) in [5, 5.41) is 14.0. The van der Waals surface area contributed by atoms with E-state index in [0.29, 0.717) is 46.6 Å². The lowest BCUT2D eigenvalue weighted by Crippen LogP contribution is -2.27. The first-order chi connectivity index (χ1) is 14.1. The maximum atomic E-state index is 12.6. The number of nitrogens with zero attached hydrogens (tertiary/aromatic N) is 3. The van der Waals surface area contributed by atoms with Crippen molar-refractivity contribution in [3.8, 4) is 0 Å². The summed E-state index contributed by atoms with van der Waals surface area (Å²) in [6.45, 7) is 3.22. The molecule has 0 aliphatic rings. The predicted octanol–water partition coefficient (Wildman–Crippen LogP) is 4.33. The highest BCUT2D eigenvalue weighted by Gasteiger charge is 2.12. The van der Waals surface area contributed by atoms with E-state index in [1.807, 2.05) is 17.6 Å². The number of alkyl halides is 2. The van der Waals surface area contributed by atoms with Gasteiger partial charge in [0.2, 0.25) is 0 Å². The van der Waals surface area contributed by atoms with Gasteiger partial charge in [-0.25, -0.2) is 0 Å². The van der Waals surface area contributed by atoms with Crippen molar-refractivity contribution in [1.29, 1.82) is 0 Å². The van der Waals surface area contributed by atoms with E-state index in [4.69, 9.17) is 0 Å². The van der Waals surface area contributed by atoms with Crippen molar-refractivity contribution in [2.24, 2.45) is 0 Å². The SMILES string of the molecule is CCn1cnnc1CCNC(=O)c1ccccc1Nc1ccc(SC(F)F)cc1. The van der Waals surface area contributed by atoms with Crippen LogP contribution in [0.25, 0.3) is 0 Å². The van der Waals surface area contributed by atoms with Crippen molar-refractivity contribution in [1.82, 2.24) is 20.1 Å². The van der Waals surface area contributed by atoms with E-state index in [1.54, 1.807) is 48.8 Å². The molecule has 0 radical (unpaired) electrons. The third-order valence-electron chi connectivity index (χ3n) is 4.20. The average Bonchev–Trinajstić information content (AvgIpc) is 3.17. The van der Waals surface area contributed by atoms with E-state index in [9.17, 15) is 13.6 Å². The zero-order valence-corrected chi connectivity index (χ0v) is 16.6. The number of carbonyl (C=O) groups excluding carboxylic acids is 1. The number of halogens is 2. The van der Waals surface area contributed by atoms with Crippen molar-refractivity contribution in [2.45, 2.75) is 30.5 Å². The van der Waals surface area contributed by atoms with Crippen LogP contribution in [0.3, 0.4) is 0 Å². The Morgan fingerprint density at radius 2 is 1.93 bits per heavy atom. The minimum absolute atomic E-state index is 0.208. The maximum Gasteiger partial charge on any atom is 0.288 e. The van der Waals surface area contributed by atoms with Gasteiger partial charge in [0.25, 0.3) is 11.7 Å². The summed E-state index contributed by atoms with van der Waals surface area (Å²) in [5.74, 6) is -1.84. The zero-order valence-electron chi connectivity index (χ0n) is 15.8. The summed E-state index contributed by atoms with van der Waals surface area (Å²) in [6.07, 6.45) is 2.25. The number of benzene rings is 2. The van der Waals surface area contributed by atoms with E-state index < -0.39 is 5.76 Å². The van der Waals surface area contributed by atoms with E-state index >= 15 is 0 Å². The van der Waals surface area contributed by atoms with Crippen molar-refractivity contribution in [3.63, 3.8) is 0 Å². The largest absolute Gasteiger partial charge is 0.355 e. The summed E-state index contributed by atoms with van der Waals surface area (Å²) in [7, 11) is 0. The fourth-order valence-corrected chi connectivity index (χ4v) is 3.28. The molecule has 1 aromatic heterocycles. The topological polar surface area (TPSA) is 71.8 Å². The number of hydrogen-bond donors (Lipinski definition) is 2. The molecule has 0 fully saturated rings. The molecule has 0 aliphatic heterocycles. The van der Waals surface area contributed by atoms with E-state index in [0.717, 1.165) is 12.4 Å². The Bertz CT molecular complexity index is 946. The molecular weight excluding hydrogens is 396 g/mol. The Balaban J connectivity index is 1.62. The van der Waals surface area contributed by atoms with Gasteiger partial charge < -0.3 is 15.2 Å². The first-order valence-electron chi connectivity index (χ1n) is 9.12. The van der Waals surface area contributed by atoms with Crippen LogP contribution in [0, 0.1) is 0 Å². The number of thioether (sulfide) groups is 1. The van der Waals surface area contributed by atoms with E-state index in [1.165, 1.54) is 0 Å². The fraction of sp³-hybridized carbons (Fsp3) is 0.250. The number of aryl methyl sites for hydroxylation is 1. The lowest BCUT2D eigenvalue weighted by atomic mass is 10.1. The van der Waals surface area contributed by atoms with Crippen molar-refractivity contribution in [3.05, 3.63) is 66.2 Å². The minimum atomic E-state index is -2.45. The molecule has 3 rings (SSSR count). The van der Waals surface area contributed by atoms with Gasteiger partial charge in [0.15, 0.2) is 0 Å². The Kier molecular flexibility index (Phi) is 7.18. The Morgan fingerprint density at radius 1 is 1.17 bits per heavy atom. The molecule has 6 nitrogen and oxygen atoms in total. The van der Waals surface area contributed by atoms with Crippen LogP contribution < -0.4 is 10.6 Å². The monoisotopic (exact) mass is 417 g/mol. The van der Waals surface area contributed by atoms with Crippen LogP contribution in [0.1, 0.15) is 23.1 Å². The summed E-state index contributed by atoms with van der Waals surface area (Å²) >= 11 is 0.495. The molecule has 0 saturated carbocycles. The van der Waals surface area contributed by atoms with Gasteiger partial charge in [-0.05, 0) is 43.3 Å². The molecule has 9 heteroatoms. The lowest BCUT2D eigenvalue weighted by Gasteiger charge is -2.13. The van der Waals surface area contributed by atoms with Crippen LogP contribution in [-0.2, 0) is 13.0 Å². The molecule has 0 atom stereocenters. The summed E-state index contributed by atoms with van der Waals surface area (Å²) < 4.78 is 26.8. The number of amides is 1. The van der Waals surface area contributed by atoms with Gasteiger partial charge in [-0.2, -0.15) is 8.78 Å². The number of rotatable bonds is 9. The molecule has 2 aromatic carbocycles. The Morgan fingerprint density at radius 3 is 2.66 bits per heavy atom. The molecule has 2 N–H and O–H groups in total. The van der Waals surface area contributed by atoms with E-state index in [2.05, 4.69) is 20.8 Å². The van der Waals surface area contributed by atoms with Gasteiger partial charge in [0, 0.05) is 30.1 Å². The third-order valence-corrected chi connectivity index (χ3v) is 4.92. The number of nitrogens with one attached hydrogen (secondary N) is 2. The molecule has 152 valence electrons. The normalized spacial score (nSPS) is 10.9. The number of hydrogen-bond acceptors (Lipinski definition) is 5. The molecule has 29 heavy (non-hydrogen) atoms. The second-order valence-corrected chi connectivity index (χ2v) is 7.18. The van der Waals surface area contributed by atoms with Gasteiger partial charge in [0.1, 0.15) is 12.2 Å². The second kappa shape index (κ2) is 10.0. The van der Waals surface area contributed by atoms with Crippen molar-refractivity contribution in [2.75, 3.05) is 11.9 Å². The van der Waals surface area contributed by atoms with E-state index in [-0.39, 0.29) is 5.91 Å². The molecular formula is C20H21F2N5OS. The van der Waals surface area contributed by atoms with Gasteiger partial charge in [-0.3, -0.25) is 4.79 Å². The number of anilines is 2. The fourth-order valence-electron chi connectivity index (χ4n) is 2.79. The molecule has 0 saturated heterocycles. The van der Waals surface area contributed by atoms with Crippen molar-refractivity contribution >= 4 is 29.0 Å². The lowest BCUT2D eigenvalue weighted by molar-refractivity contribution is 0.0954. The van der Waals surface area contributed by atoms with Crippen LogP contribution in [0.5, 0.6) is 0 Å². The maximum absolute atomic E-state index is 12.6. The molecule has 0 aliphatic carbocycles. The highest BCUT2D eigenvalue weighted by molar-refractivity contribution is 7.99. The second-order valence-electron chi connectivity index (χ2n) is 6.11. The summed E-state index contributed by atoms with van der Waals surface area (Å²) in [4.78, 5) is 13.1. The minimum Gasteiger partial charge on any atom is -0.355 e. The third kappa shape index (κ3) is 5.77. The molecule has 0 spiro atoms. The highest BCUT2D eigenvalue weighted by atomic mass is 32.2. The van der Waals surface area contributed by atoms with Gasteiger partial charge in [-0.1, -0.05) is 23.9 Å². The molecule has 1 heterocycles. The van der Waals surface area contributed by atoms with Crippen LogP contribution in [0.2, 0.25) is 0 Å². The predicted molar refractivity (Wildman–Crippen MR) is 110 cm³/mol. The smallest absolute Gasteiger partial charge is 0.288 e. The summed E-state index contributed by atoms with van der Waals surface area (Å²) in [6, 6.07) is 13.8.